The van der Waals surface area contributed by atoms with E-state index in [-0.39, 0.29) is 10.8 Å². The van der Waals surface area contributed by atoms with Crippen LogP contribution in [0.2, 0.25) is 0 Å². The summed E-state index contributed by atoms with van der Waals surface area (Å²) in [7, 11) is 0. The Hall–Kier alpha value is -0.850. The largest absolute Gasteiger partial charge is 0.294 e. The molecule has 9 atom stereocenters. The second kappa shape index (κ2) is 6.38. The highest BCUT2D eigenvalue weighted by Crippen LogP contribution is 2.76. The van der Waals surface area contributed by atoms with Crippen LogP contribution in [0, 0.1) is 56.7 Å². The quantitative estimate of drug-likeness (QED) is 0.391. The van der Waals surface area contributed by atoms with Gasteiger partial charge in [-0.3, -0.25) is 4.79 Å². The summed E-state index contributed by atoms with van der Waals surface area (Å²) in [6, 6.07) is 0. The van der Waals surface area contributed by atoms with Gasteiger partial charge in [-0.25, -0.2) is 0 Å². The normalized spacial score (nSPS) is 55.1. The minimum Gasteiger partial charge on any atom is -0.294 e. The number of hydrogen-bond acceptors (Lipinski definition) is 1. The average molecular weight is 423 g/mol. The molecule has 0 aromatic rings. The predicted octanol–water partition coefficient (Wildman–Crippen LogP) is 8.01. The van der Waals surface area contributed by atoms with Crippen LogP contribution in [0.3, 0.4) is 0 Å². The Morgan fingerprint density at radius 3 is 2.26 bits per heavy atom. The Bertz CT molecular complexity index is 848. The third-order valence-electron chi connectivity index (χ3n) is 12.8. The van der Waals surface area contributed by atoms with E-state index in [1.54, 1.807) is 0 Å². The summed E-state index contributed by atoms with van der Waals surface area (Å²) in [6.07, 6.45) is 15.1. The number of rotatable bonds is 1. The van der Waals surface area contributed by atoms with Crippen LogP contribution >= 0.6 is 0 Å². The van der Waals surface area contributed by atoms with E-state index in [1.165, 1.54) is 56.9 Å². The van der Waals surface area contributed by atoms with Gasteiger partial charge < -0.3 is 0 Å². The van der Waals surface area contributed by atoms with Crippen LogP contribution < -0.4 is 0 Å². The zero-order chi connectivity index (χ0) is 22.6. The Morgan fingerprint density at radius 1 is 0.871 bits per heavy atom. The van der Waals surface area contributed by atoms with Gasteiger partial charge in [-0.2, -0.15) is 0 Å². The fourth-order valence-corrected chi connectivity index (χ4v) is 10.8. The molecule has 31 heavy (non-hydrogen) atoms. The highest BCUT2D eigenvalue weighted by molar-refractivity contribution is 5.95. The highest BCUT2D eigenvalue weighted by Gasteiger charge is 2.69. The van der Waals surface area contributed by atoms with Gasteiger partial charge in [0, 0.05) is 5.41 Å². The minimum atomic E-state index is -0.218. The number of hydrogen-bond donors (Lipinski definition) is 0. The van der Waals surface area contributed by atoms with Crippen molar-refractivity contribution < 1.29 is 4.79 Å². The van der Waals surface area contributed by atoms with Gasteiger partial charge in [0.2, 0.25) is 0 Å². The van der Waals surface area contributed by atoms with Crippen LogP contribution in [0.4, 0.5) is 0 Å². The molecule has 0 amide bonds. The number of carbonyl (C=O) groups excluding carboxylic acids is 1. The fourth-order valence-electron chi connectivity index (χ4n) is 10.8. The predicted molar refractivity (Wildman–Crippen MR) is 130 cm³/mol. The molecular weight excluding hydrogens is 376 g/mol. The zero-order valence-corrected chi connectivity index (χ0v) is 21.3. The van der Waals surface area contributed by atoms with E-state index < -0.39 is 0 Å². The molecule has 0 radical (unpaired) electrons. The van der Waals surface area contributed by atoms with Gasteiger partial charge in [0.1, 0.15) is 0 Å². The molecule has 4 saturated carbocycles. The first-order valence-corrected chi connectivity index (χ1v) is 13.2. The monoisotopic (exact) mass is 422 g/mol. The van der Waals surface area contributed by atoms with Gasteiger partial charge in [0.05, 0.1) is 0 Å². The first-order chi connectivity index (χ1) is 14.3. The molecule has 0 heterocycles. The molecule has 0 aliphatic heterocycles. The number of allylic oxidation sites excluding steroid dienone is 3. The van der Waals surface area contributed by atoms with Crippen LogP contribution in [0.5, 0.6) is 0 Å². The molecule has 0 N–H and O–H groups in total. The van der Waals surface area contributed by atoms with Gasteiger partial charge in [-0.1, -0.05) is 59.8 Å². The van der Waals surface area contributed by atoms with Crippen molar-refractivity contribution >= 4 is 5.78 Å². The van der Waals surface area contributed by atoms with E-state index in [2.05, 4.69) is 61.1 Å². The summed E-state index contributed by atoms with van der Waals surface area (Å²) in [6.45, 7) is 21.7. The van der Waals surface area contributed by atoms with Crippen molar-refractivity contribution in [2.75, 3.05) is 0 Å². The van der Waals surface area contributed by atoms with Gasteiger partial charge >= 0.3 is 0 Å². The molecular formula is C30H46O. The Kier molecular flexibility index (Phi) is 4.52. The van der Waals surface area contributed by atoms with Crippen LogP contribution in [-0.2, 0) is 4.79 Å². The summed E-state index contributed by atoms with van der Waals surface area (Å²) in [4.78, 5) is 12.8. The van der Waals surface area contributed by atoms with Crippen LogP contribution in [-0.4, -0.2) is 5.78 Å². The highest BCUT2D eigenvalue weighted by atomic mass is 16.1. The number of ketones is 1. The average Bonchev–Trinajstić information content (AvgIpc) is 3.04. The zero-order valence-electron chi connectivity index (χ0n) is 21.3. The van der Waals surface area contributed by atoms with Crippen LogP contribution in [0.25, 0.3) is 0 Å². The Morgan fingerprint density at radius 2 is 1.58 bits per heavy atom. The molecule has 0 spiro atoms. The molecule has 5 aliphatic carbocycles. The minimum absolute atomic E-state index is 0.155. The fraction of sp³-hybridized carbons (Fsp3) is 0.833. The molecule has 4 fully saturated rings. The summed E-state index contributed by atoms with van der Waals surface area (Å²) in [5, 5.41) is 0. The molecule has 0 saturated heterocycles. The maximum atomic E-state index is 12.8. The van der Waals surface area contributed by atoms with E-state index in [1.807, 2.05) is 6.08 Å². The summed E-state index contributed by atoms with van der Waals surface area (Å²) in [5.41, 5.74) is 2.68. The molecule has 0 aromatic carbocycles. The van der Waals surface area contributed by atoms with E-state index in [4.69, 9.17) is 0 Å². The molecule has 5 rings (SSSR count). The molecule has 172 valence electrons. The van der Waals surface area contributed by atoms with Gasteiger partial charge in [0.15, 0.2) is 5.78 Å². The third kappa shape index (κ3) is 2.53. The molecule has 0 unspecified atom stereocenters. The van der Waals surface area contributed by atoms with Crippen molar-refractivity contribution in [1.29, 1.82) is 0 Å². The number of carbonyl (C=O) groups is 1. The van der Waals surface area contributed by atoms with Gasteiger partial charge in [0.25, 0.3) is 0 Å². The van der Waals surface area contributed by atoms with E-state index in [9.17, 15) is 4.79 Å². The lowest BCUT2D eigenvalue weighted by Gasteiger charge is -2.71. The van der Waals surface area contributed by atoms with Crippen molar-refractivity contribution in [2.45, 2.75) is 99.8 Å². The molecule has 0 bridgehead atoms. The summed E-state index contributed by atoms with van der Waals surface area (Å²) >= 11 is 0. The van der Waals surface area contributed by atoms with E-state index >= 15 is 0 Å². The van der Waals surface area contributed by atoms with Crippen molar-refractivity contribution in [3.05, 3.63) is 24.3 Å². The van der Waals surface area contributed by atoms with Crippen LogP contribution in [0.1, 0.15) is 99.8 Å². The third-order valence-corrected chi connectivity index (χ3v) is 12.8. The maximum absolute atomic E-state index is 12.8. The topological polar surface area (TPSA) is 17.1 Å². The molecule has 1 heteroatoms. The van der Waals surface area contributed by atoms with Gasteiger partial charge in [-0.05, 0) is 116 Å². The van der Waals surface area contributed by atoms with Crippen molar-refractivity contribution in [3.8, 4) is 0 Å². The Labute approximate surface area is 191 Å². The molecule has 5 aliphatic rings. The lowest BCUT2D eigenvalue weighted by molar-refractivity contribution is -0.216. The van der Waals surface area contributed by atoms with E-state index in [0.29, 0.717) is 33.9 Å². The number of fused-ring (bicyclic) bond motifs is 7. The maximum Gasteiger partial charge on any atom is 0.161 e. The van der Waals surface area contributed by atoms with E-state index in [0.717, 1.165) is 17.8 Å². The lowest BCUT2D eigenvalue weighted by Crippen LogP contribution is -2.65. The van der Waals surface area contributed by atoms with Crippen LogP contribution in [0.15, 0.2) is 24.3 Å². The SMILES string of the molecule is C=C(C)[C@@H]1CC[C@]2(C)CC[C@]3(C)[C@H](CC[C@@H]4[C@@]5(C)C=CC(=O)C(C)(C)[C@@H]5CC[C@]43C)[C@H]12. The summed E-state index contributed by atoms with van der Waals surface area (Å²) < 4.78 is 0. The van der Waals surface area contributed by atoms with Crippen molar-refractivity contribution in [1.82, 2.24) is 0 Å². The summed E-state index contributed by atoms with van der Waals surface area (Å²) in [5.74, 6) is 3.91. The second-order valence-corrected chi connectivity index (χ2v) is 14.1. The van der Waals surface area contributed by atoms with Gasteiger partial charge in [-0.15, -0.1) is 0 Å². The Balaban J connectivity index is 1.57. The molecule has 0 aromatic heterocycles. The lowest BCUT2D eigenvalue weighted by atomic mass is 9.33. The second-order valence-electron chi connectivity index (χ2n) is 14.1. The van der Waals surface area contributed by atoms with Crippen molar-refractivity contribution in [2.24, 2.45) is 56.7 Å². The first-order valence-electron chi connectivity index (χ1n) is 13.2. The molecule has 1 nitrogen and oxygen atoms in total. The standard InChI is InChI=1S/C30H46O/c1-19(2)20-11-14-27(5)17-18-29(7)21(25(20)27)9-10-23-28(6)15-13-24(31)26(3,4)22(28)12-16-30(23,29)8/h13,15,20-23,25H,1,9-12,14,16-18H2,2-8H3/t20-,21+,22-,23+,25-,27+,28-,29+,30+/m0/s1. The first kappa shape index (κ1) is 22.0. The van der Waals surface area contributed by atoms with Crippen molar-refractivity contribution in [3.63, 3.8) is 0 Å². The smallest absolute Gasteiger partial charge is 0.161 e.